The summed E-state index contributed by atoms with van der Waals surface area (Å²) in [5, 5.41) is 10.6. The predicted molar refractivity (Wildman–Crippen MR) is 85.4 cm³/mol. The summed E-state index contributed by atoms with van der Waals surface area (Å²) in [5.41, 5.74) is 0. The highest BCUT2D eigenvalue weighted by molar-refractivity contribution is 8.00. The molecular weight excluding hydrogens is 282 g/mol. The molecule has 0 bridgehead atoms. The summed E-state index contributed by atoms with van der Waals surface area (Å²) in [6.45, 7) is 7.76. The van der Waals surface area contributed by atoms with Crippen LogP contribution < -0.4 is 0 Å². The van der Waals surface area contributed by atoms with Gasteiger partial charge >= 0.3 is 0 Å². The number of aromatic nitrogens is 3. The van der Waals surface area contributed by atoms with Gasteiger partial charge in [0.05, 0.1) is 6.10 Å². The van der Waals surface area contributed by atoms with E-state index in [9.17, 15) is 5.11 Å². The first-order valence-electron chi connectivity index (χ1n) is 6.97. The monoisotopic (exact) mass is 303 g/mol. The highest BCUT2D eigenvalue weighted by Crippen LogP contribution is 2.35. The lowest BCUT2D eigenvalue weighted by atomic mass is 10.0. The van der Waals surface area contributed by atoms with Crippen LogP contribution in [0.3, 0.4) is 0 Å². The van der Waals surface area contributed by atoms with Crippen molar-refractivity contribution < 1.29 is 5.11 Å². The second-order valence-corrected chi connectivity index (χ2v) is 7.31. The molecule has 112 valence electrons. The van der Waals surface area contributed by atoms with Crippen LogP contribution in [-0.4, -0.2) is 30.9 Å². The van der Waals surface area contributed by atoms with Gasteiger partial charge in [-0.05, 0) is 39.8 Å². The Morgan fingerprint density at radius 2 is 1.62 bits per heavy atom. The summed E-state index contributed by atoms with van der Waals surface area (Å²) in [5.74, 6) is 2.03. The third kappa shape index (κ3) is 4.51. The molecule has 0 radical (unpaired) electrons. The Morgan fingerprint density at radius 1 is 1.05 bits per heavy atom. The van der Waals surface area contributed by atoms with Gasteiger partial charge < -0.3 is 5.11 Å². The second kappa shape index (κ2) is 6.54. The standard InChI is InChI=1S/C16H21N3OS/c1-11-17-12(2)19-15(18-11)10-14(20)16(3,4)21-13-8-6-5-7-9-13/h5-9,14,20H,10H2,1-4H3. The molecule has 1 aromatic heterocycles. The van der Waals surface area contributed by atoms with Crippen LogP contribution in [0.5, 0.6) is 0 Å². The molecule has 0 fully saturated rings. The molecule has 0 amide bonds. The summed E-state index contributed by atoms with van der Waals surface area (Å²) in [6, 6.07) is 10.1. The first-order chi connectivity index (χ1) is 9.87. The van der Waals surface area contributed by atoms with Crippen LogP contribution >= 0.6 is 11.8 Å². The van der Waals surface area contributed by atoms with E-state index in [-0.39, 0.29) is 4.75 Å². The van der Waals surface area contributed by atoms with Crippen LogP contribution in [0.25, 0.3) is 0 Å². The summed E-state index contributed by atoms with van der Waals surface area (Å²) >= 11 is 1.66. The summed E-state index contributed by atoms with van der Waals surface area (Å²) < 4.78 is -0.324. The lowest BCUT2D eigenvalue weighted by Crippen LogP contribution is -2.35. The van der Waals surface area contributed by atoms with E-state index in [2.05, 4.69) is 27.1 Å². The van der Waals surface area contributed by atoms with Crippen LogP contribution in [0.2, 0.25) is 0 Å². The molecule has 1 heterocycles. The molecule has 5 heteroatoms. The number of aliphatic hydroxyl groups excluding tert-OH is 1. The Morgan fingerprint density at radius 3 is 2.19 bits per heavy atom. The van der Waals surface area contributed by atoms with E-state index in [0.717, 1.165) is 4.90 Å². The molecule has 2 rings (SSSR count). The maximum absolute atomic E-state index is 10.6. The smallest absolute Gasteiger partial charge is 0.135 e. The number of hydrogen-bond donors (Lipinski definition) is 1. The van der Waals surface area contributed by atoms with Gasteiger partial charge in [-0.25, -0.2) is 15.0 Å². The third-order valence-electron chi connectivity index (χ3n) is 3.21. The first kappa shape index (κ1) is 15.9. The zero-order valence-corrected chi connectivity index (χ0v) is 13.7. The Bertz CT molecular complexity index is 581. The molecule has 0 aliphatic heterocycles. The zero-order chi connectivity index (χ0) is 15.5. The average molecular weight is 303 g/mol. The van der Waals surface area contributed by atoms with Gasteiger partial charge in [0.25, 0.3) is 0 Å². The summed E-state index contributed by atoms with van der Waals surface area (Å²) in [4.78, 5) is 13.9. The van der Waals surface area contributed by atoms with E-state index in [1.807, 2.05) is 45.9 Å². The van der Waals surface area contributed by atoms with Gasteiger partial charge in [0.2, 0.25) is 0 Å². The fraction of sp³-hybridized carbons (Fsp3) is 0.438. The largest absolute Gasteiger partial charge is 0.391 e. The van der Waals surface area contributed by atoms with E-state index in [4.69, 9.17) is 0 Å². The Labute approximate surface area is 130 Å². The molecule has 0 aliphatic rings. The van der Waals surface area contributed by atoms with E-state index in [0.29, 0.717) is 23.9 Å². The van der Waals surface area contributed by atoms with Crippen molar-refractivity contribution in [1.29, 1.82) is 0 Å². The number of rotatable bonds is 5. The number of hydrogen-bond acceptors (Lipinski definition) is 5. The SMILES string of the molecule is Cc1nc(C)nc(CC(O)C(C)(C)Sc2ccccc2)n1. The quantitative estimate of drug-likeness (QED) is 0.861. The fourth-order valence-corrected chi connectivity index (χ4v) is 3.17. The molecule has 0 saturated carbocycles. The molecule has 0 aliphatic carbocycles. The van der Waals surface area contributed by atoms with E-state index < -0.39 is 6.10 Å². The van der Waals surface area contributed by atoms with Crippen LogP contribution in [0.4, 0.5) is 0 Å². The number of aliphatic hydroxyl groups is 1. The van der Waals surface area contributed by atoms with Gasteiger partial charge in [0, 0.05) is 16.1 Å². The Balaban J connectivity index is 2.09. The minimum absolute atomic E-state index is 0.324. The topological polar surface area (TPSA) is 58.9 Å². The van der Waals surface area contributed by atoms with Crippen LogP contribution in [0, 0.1) is 13.8 Å². The van der Waals surface area contributed by atoms with Crippen LogP contribution in [0.1, 0.15) is 31.3 Å². The van der Waals surface area contributed by atoms with Gasteiger partial charge in [-0.1, -0.05) is 18.2 Å². The second-order valence-electron chi connectivity index (χ2n) is 5.58. The van der Waals surface area contributed by atoms with Gasteiger partial charge in [-0.2, -0.15) is 0 Å². The normalized spacial score (nSPS) is 13.2. The van der Waals surface area contributed by atoms with Gasteiger partial charge in [0.1, 0.15) is 17.5 Å². The van der Waals surface area contributed by atoms with Crippen molar-refractivity contribution in [3.05, 3.63) is 47.8 Å². The van der Waals surface area contributed by atoms with Crippen molar-refractivity contribution in [3.63, 3.8) is 0 Å². The Hall–Kier alpha value is -1.46. The molecule has 2 aromatic rings. The average Bonchev–Trinajstić information content (AvgIpc) is 2.38. The van der Waals surface area contributed by atoms with Crippen molar-refractivity contribution in [2.45, 2.75) is 49.9 Å². The fourth-order valence-electron chi connectivity index (χ4n) is 2.05. The van der Waals surface area contributed by atoms with Crippen LogP contribution in [0.15, 0.2) is 35.2 Å². The molecule has 21 heavy (non-hydrogen) atoms. The maximum atomic E-state index is 10.6. The summed E-state index contributed by atoms with van der Waals surface area (Å²) in [6.07, 6.45) is -0.110. The van der Waals surface area contributed by atoms with E-state index >= 15 is 0 Å². The molecule has 1 atom stereocenters. The molecule has 0 spiro atoms. The Kier molecular flexibility index (Phi) is 4.96. The van der Waals surface area contributed by atoms with Gasteiger partial charge in [0.15, 0.2) is 0 Å². The summed E-state index contributed by atoms with van der Waals surface area (Å²) in [7, 11) is 0. The molecule has 1 unspecified atom stereocenters. The molecular formula is C16H21N3OS. The lowest BCUT2D eigenvalue weighted by Gasteiger charge is -2.29. The minimum atomic E-state index is -0.538. The number of thioether (sulfide) groups is 1. The van der Waals surface area contributed by atoms with Crippen molar-refractivity contribution in [3.8, 4) is 0 Å². The lowest BCUT2D eigenvalue weighted by molar-refractivity contribution is 0.140. The minimum Gasteiger partial charge on any atom is -0.391 e. The highest BCUT2D eigenvalue weighted by Gasteiger charge is 2.30. The molecule has 0 saturated heterocycles. The predicted octanol–water partition coefficient (Wildman–Crippen LogP) is 2.96. The highest BCUT2D eigenvalue weighted by atomic mass is 32.2. The van der Waals surface area contributed by atoms with E-state index in [1.54, 1.807) is 11.8 Å². The van der Waals surface area contributed by atoms with Crippen molar-refractivity contribution >= 4 is 11.8 Å². The van der Waals surface area contributed by atoms with Gasteiger partial charge in [-0.3, -0.25) is 0 Å². The zero-order valence-electron chi connectivity index (χ0n) is 12.9. The number of nitrogens with zero attached hydrogens (tertiary/aromatic N) is 3. The van der Waals surface area contributed by atoms with Crippen molar-refractivity contribution in [2.24, 2.45) is 0 Å². The van der Waals surface area contributed by atoms with Gasteiger partial charge in [-0.15, -0.1) is 11.8 Å². The van der Waals surface area contributed by atoms with Crippen LogP contribution in [-0.2, 0) is 6.42 Å². The molecule has 1 N–H and O–H groups in total. The third-order valence-corrected chi connectivity index (χ3v) is 4.51. The molecule has 1 aromatic carbocycles. The number of aryl methyl sites for hydroxylation is 2. The van der Waals surface area contributed by atoms with Crippen molar-refractivity contribution in [2.75, 3.05) is 0 Å². The maximum Gasteiger partial charge on any atom is 0.135 e. The van der Waals surface area contributed by atoms with Crippen molar-refractivity contribution in [1.82, 2.24) is 15.0 Å². The number of benzene rings is 1. The molecule has 4 nitrogen and oxygen atoms in total. The first-order valence-corrected chi connectivity index (χ1v) is 7.79. The van der Waals surface area contributed by atoms with E-state index in [1.165, 1.54) is 0 Å².